The maximum absolute atomic E-state index is 12.1. The quantitative estimate of drug-likeness (QED) is 0.925. The van der Waals surface area contributed by atoms with E-state index in [1.165, 1.54) is 0 Å². The Morgan fingerprint density at radius 3 is 2.86 bits per heavy atom. The van der Waals surface area contributed by atoms with Crippen LogP contribution in [0.3, 0.4) is 0 Å². The SMILES string of the molecule is Cc1c(Cl)cccc1-n1nc(C(=O)O)c2c1CCCC2=O. The highest BCUT2D eigenvalue weighted by Gasteiger charge is 2.30. The van der Waals surface area contributed by atoms with Crippen LogP contribution in [0.4, 0.5) is 0 Å². The summed E-state index contributed by atoms with van der Waals surface area (Å²) in [6.45, 7) is 1.84. The van der Waals surface area contributed by atoms with Gasteiger partial charge in [-0.15, -0.1) is 0 Å². The van der Waals surface area contributed by atoms with Crippen molar-refractivity contribution in [3.05, 3.63) is 45.7 Å². The van der Waals surface area contributed by atoms with E-state index in [2.05, 4.69) is 5.10 Å². The minimum atomic E-state index is -1.18. The van der Waals surface area contributed by atoms with Gasteiger partial charge < -0.3 is 5.11 Å². The summed E-state index contributed by atoms with van der Waals surface area (Å²) in [4.78, 5) is 23.4. The van der Waals surface area contributed by atoms with Gasteiger partial charge >= 0.3 is 5.97 Å². The van der Waals surface area contributed by atoms with Crippen LogP contribution in [-0.2, 0) is 6.42 Å². The van der Waals surface area contributed by atoms with Gasteiger partial charge in [-0.05, 0) is 37.5 Å². The molecule has 0 radical (unpaired) electrons. The van der Waals surface area contributed by atoms with Crippen molar-refractivity contribution in [3.8, 4) is 5.69 Å². The second-order valence-corrected chi connectivity index (χ2v) is 5.46. The summed E-state index contributed by atoms with van der Waals surface area (Å²) < 4.78 is 1.55. The molecule has 0 atom stereocenters. The van der Waals surface area contributed by atoms with Gasteiger partial charge in [-0.1, -0.05) is 17.7 Å². The molecule has 21 heavy (non-hydrogen) atoms. The average molecular weight is 305 g/mol. The van der Waals surface area contributed by atoms with E-state index >= 15 is 0 Å². The molecule has 5 nitrogen and oxygen atoms in total. The molecule has 0 fully saturated rings. The number of halogens is 1. The van der Waals surface area contributed by atoms with E-state index in [1.54, 1.807) is 16.8 Å². The molecule has 108 valence electrons. The van der Waals surface area contributed by atoms with Gasteiger partial charge in [-0.3, -0.25) is 4.79 Å². The van der Waals surface area contributed by atoms with Crippen molar-refractivity contribution in [1.82, 2.24) is 9.78 Å². The number of hydrogen-bond donors (Lipinski definition) is 1. The minimum absolute atomic E-state index is 0.153. The molecule has 0 saturated carbocycles. The predicted octanol–water partition coefficient (Wildman–Crippen LogP) is 3.05. The number of carboxylic acids is 1. The van der Waals surface area contributed by atoms with E-state index in [4.69, 9.17) is 11.6 Å². The number of fused-ring (bicyclic) bond motifs is 1. The number of carbonyl (C=O) groups is 2. The molecule has 6 heteroatoms. The van der Waals surface area contributed by atoms with Crippen LogP contribution in [0.2, 0.25) is 5.02 Å². The highest BCUT2D eigenvalue weighted by molar-refractivity contribution is 6.31. The molecule has 3 rings (SSSR count). The molecule has 1 aromatic heterocycles. The summed E-state index contributed by atoms with van der Waals surface area (Å²) in [5, 5.41) is 14.0. The molecule has 0 aliphatic heterocycles. The van der Waals surface area contributed by atoms with Gasteiger partial charge in [0.05, 0.1) is 16.9 Å². The topological polar surface area (TPSA) is 72.2 Å². The highest BCUT2D eigenvalue weighted by atomic mass is 35.5. The Balaban J connectivity index is 2.29. The number of aromatic nitrogens is 2. The summed E-state index contributed by atoms with van der Waals surface area (Å²) in [6.07, 6.45) is 1.71. The van der Waals surface area contributed by atoms with Crippen LogP contribution in [0, 0.1) is 6.92 Å². The van der Waals surface area contributed by atoms with Crippen LogP contribution >= 0.6 is 11.6 Å². The number of aromatic carboxylic acids is 1. The first-order valence-corrected chi connectivity index (χ1v) is 7.02. The standard InChI is InChI=1S/C15H13ClN2O3/c1-8-9(16)4-2-5-10(8)18-11-6-3-7-12(19)13(11)14(17-18)15(20)21/h2,4-5H,3,6-7H2,1H3,(H,20,21). The molecule has 0 saturated heterocycles. The van der Waals surface area contributed by atoms with E-state index in [9.17, 15) is 14.7 Å². The predicted molar refractivity (Wildman–Crippen MR) is 77.5 cm³/mol. The van der Waals surface area contributed by atoms with Crippen molar-refractivity contribution in [2.24, 2.45) is 0 Å². The third-order valence-corrected chi connectivity index (χ3v) is 4.16. The number of Topliss-reactive ketones (excluding diaryl/α,β-unsaturated/α-hetero) is 1. The van der Waals surface area contributed by atoms with Gasteiger partial charge in [0, 0.05) is 11.4 Å². The number of nitrogens with zero attached hydrogens (tertiary/aromatic N) is 2. The third kappa shape index (κ3) is 2.14. The fourth-order valence-electron chi connectivity index (χ4n) is 2.69. The highest BCUT2D eigenvalue weighted by Crippen LogP contribution is 2.29. The number of hydrogen-bond acceptors (Lipinski definition) is 3. The van der Waals surface area contributed by atoms with Crippen LogP contribution in [0.15, 0.2) is 18.2 Å². The fraction of sp³-hybridized carbons (Fsp3) is 0.267. The van der Waals surface area contributed by atoms with E-state index in [0.717, 1.165) is 5.56 Å². The van der Waals surface area contributed by atoms with Gasteiger partial charge in [0.1, 0.15) is 0 Å². The van der Waals surface area contributed by atoms with Crippen LogP contribution in [0.1, 0.15) is 44.9 Å². The monoisotopic (exact) mass is 304 g/mol. The molecule has 1 N–H and O–H groups in total. The zero-order valence-corrected chi connectivity index (χ0v) is 12.1. The lowest BCUT2D eigenvalue weighted by Gasteiger charge is -2.15. The van der Waals surface area contributed by atoms with Gasteiger partial charge in [0.15, 0.2) is 11.5 Å². The summed E-state index contributed by atoms with van der Waals surface area (Å²) >= 11 is 6.12. The van der Waals surface area contributed by atoms with Crippen LogP contribution in [-0.4, -0.2) is 26.6 Å². The zero-order valence-electron chi connectivity index (χ0n) is 11.4. The Morgan fingerprint density at radius 1 is 1.38 bits per heavy atom. The van der Waals surface area contributed by atoms with Crippen molar-refractivity contribution in [3.63, 3.8) is 0 Å². The summed E-state index contributed by atoms with van der Waals surface area (Å²) in [5.41, 5.74) is 2.25. The molecular weight excluding hydrogens is 292 g/mol. The van der Waals surface area contributed by atoms with Crippen molar-refractivity contribution < 1.29 is 14.7 Å². The Kier molecular flexibility index (Phi) is 3.29. The lowest BCUT2D eigenvalue weighted by molar-refractivity contribution is 0.0684. The van der Waals surface area contributed by atoms with E-state index in [0.29, 0.717) is 35.7 Å². The number of carbonyl (C=O) groups excluding carboxylic acids is 1. The van der Waals surface area contributed by atoms with Gasteiger partial charge in [-0.25, -0.2) is 9.48 Å². The molecule has 0 amide bonds. The molecule has 1 aromatic carbocycles. The smallest absolute Gasteiger partial charge is 0.357 e. The lowest BCUT2D eigenvalue weighted by atomic mass is 9.94. The van der Waals surface area contributed by atoms with Crippen LogP contribution in [0.25, 0.3) is 5.69 Å². The van der Waals surface area contributed by atoms with E-state index < -0.39 is 5.97 Å². The molecule has 1 aliphatic carbocycles. The zero-order chi connectivity index (χ0) is 15.1. The second-order valence-electron chi connectivity index (χ2n) is 5.05. The third-order valence-electron chi connectivity index (χ3n) is 3.75. The molecule has 2 aromatic rings. The fourth-order valence-corrected chi connectivity index (χ4v) is 2.86. The Hall–Kier alpha value is -2.14. The summed E-state index contributed by atoms with van der Waals surface area (Å²) in [7, 11) is 0. The molecule has 0 bridgehead atoms. The summed E-state index contributed by atoms with van der Waals surface area (Å²) in [5.74, 6) is -1.33. The second kappa shape index (κ2) is 5.00. The van der Waals surface area contributed by atoms with Crippen LogP contribution in [0.5, 0.6) is 0 Å². The van der Waals surface area contributed by atoms with E-state index in [-0.39, 0.29) is 17.0 Å². The van der Waals surface area contributed by atoms with Gasteiger partial charge in [-0.2, -0.15) is 5.10 Å². The normalized spacial score (nSPS) is 14.1. The van der Waals surface area contributed by atoms with Gasteiger partial charge in [0.25, 0.3) is 0 Å². The van der Waals surface area contributed by atoms with Crippen LogP contribution < -0.4 is 0 Å². The molecule has 1 aliphatic rings. The maximum atomic E-state index is 12.1. The Bertz CT molecular complexity index is 765. The van der Waals surface area contributed by atoms with Crippen molar-refractivity contribution >= 4 is 23.4 Å². The molecular formula is C15H13ClN2O3. The molecule has 1 heterocycles. The van der Waals surface area contributed by atoms with Crippen molar-refractivity contribution in [2.75, 3.05) is 0 Å². The lowest BCUT2D eigenvalue weighted by Crippen LogP contribution is -2.15. The number of rotatable bonds is 2. The maximum Gasteiger partial charge on any atom is 0.357 e. The Morgan fingerprint density at radius 2 is 2.14 bits per heavy atom. The minimum Gasteiger partial charge on any atom is -0.476 e. The summed E-state index contributed by atoms with van der Waals surface area (Å²) in [6, 6.07) is 5.36. The molecule has 0 unspecified atom stereocenters. The van der Waals surface area contributed by atoms with Crippen molar-refractivity contribution in [2.45, 2.75) is 26.2 Å². The molecule has 0 spiro atoms. The Labute approximate surface area is 126 Å². The average Bonchev–Trinajstić information content (AvgIpc) is 2.83. The van der Waals surface area contributed by atoms with Crippen molar-refractivity contribution in [1.29, 1.82) is 0 Å². The van der Waals surface area contributed by atoms with E-state index in [1.807, 2.05) is 13.0 Å². The first-order chi connectivity index (χ1) is 10.0. The largest absolute Gasteiger partial charge is 0.476 e. The number of ketones is 1. The number of benzene rings is 1. The van der Waals surface area contributed by atoms with Gasteiger partial charge in [0.2, 0.25) is 0 Å². The first kappa shape index (κ1) is 13.8. The number of carboxylic acid groups (broad SMARTS) is 1. The first-order valence-electron chi connectivity index (χ1n) is 6.64.